The Kier molecular flexibility index (Phi) is 5.67. The van der Waals surface area contributed by atoms with Crippen molar-refractivity contribution in [2.45, 2.75) is 18.9 Å². The topological polar surface area (TPSA) is 61.4 Å². The van der Waals surface area contributed by atoms with Crippen molar-refractivity contribution in [3.05, 3.63) is 46.3 Å². The number of thiophene rings is 1. The van der Waals surface area contributed by atoms with Crippen molar-refractivity contribution in [2.24, 2.45) is 0 Å². The van der Waals surface area contributed by atoms with E-state index in [0.29, 0.717) is 16.4 Å². The van der Waals surface area contributed by atoms with E-state index in [1.54, 1.807) is 6.07 Å². The van der Waals surface area contributed by atoms with Crippen LogP contribution in [0.25, 0.3) is 10.2 Å². The highest BCUT2D eigenvalue weighted by Crippen LogP contribution is 2.32. The maximum Gasteiger partial charge on any atom is 0.264 e. The lowest BCUT2D eigenvalue weighted by molar-refractivity contribution is 0.0664. The summed E-state index contributed by atoms with van der Waals surface area (Å²) in [6.45, 7) is 1.99. The largest absolute Gasteiger partial charge is 0.340 e. The second-order valence-electron chi connectivity index (χ2n) is 7.26. The standard InChI is InChI=1S/C20H21ClFN5OS/c1-26-7-5-13(6-8-26)27(2)20(28)17-10-14-18(23-11-24-19(14)29-17)25-12-3-4-16(22)15(21)9-12/h3-4,9-11,13H,5-8H2,1-2H3,(H,23,24,25). The van der Waals surface area contributed by atoms with Gasteiger partial charge in [-0.25, -0.2) is 14.4 Å². The highest BCUT2D eigenvalue weighted by atomic mass is 35.5. The van der Waals surface area contributed by atoms with Gasteiger partial charge in [0.15, 0.2) is 0 Å². The maximum absolute atomic E-state index is 13.4. The van der Waals surface area contributed by atoms with Gasteiger partial charge in [-0.05, 0) is 57.2 Å². The second-order valence-corrected chi connectivity index (χ2v) is 8.69. The van der Waals surface area contributed by atoms with Gasteiger partial charge in [0.2, 0.25) is 0 Å². The molecule has 1 fully saturated rings. The molecule has 1 N–H and O–H groups in total. The van der Waals surface area contributed by atoms with Gasteiger partial charge >= 0.3 is 0 Å². The summed E-state index contributed by atoms with van der Waals surface area (Å²) in [6.07, 6.45) is 3.39. The van der Waals surface area contributed by atoms with Gasteiger partial charge in [-0.15, -0.1) is 11.3 Å². The average Bonchev–Trinajstić information content (AvgIpc) is 3.16. The molecule has 9 heteroatoms. The molecule has 3 heterocycles. The van der Waals surface area contributed by atoms with E-state index in [1.807, 2.05) is 18.0 Å². The number of anilines is 2. The highest BCUT2D eigenvalue weighted by Gasteiger charge is 2.26. The number of nitrogens with one attached hydrogen (secondary N) is 1. The van der Waals surface area contributed by atoms with Crippen molar-refractivity contribution in [1.82, 2.24) is 19.8 Å². The number of halogens is 2. The third-order valence-electron chi connectivity index (χ3n) is 5.28. The number of piperidine rings is 1. The van der Waals surface area contributed by atoms with Gasteiger partial charge in [-0.2, -0.15) is 0 Å². The van der Waals surface area contributed by atoms with Gasteiger partial charge in [0.05, 0.1) is 15.3 Å². The van der Waals surface area contributed by atoms with Gasteiger partial charge in [0.25, 0.3) is 5.91 Å². The quantitative estimate of drug-likeness (QED) is 0.661. The summed E-state index contributed by atoms with van der Waals surface area (Å²) < 4.78 is 13.4. The van der Waals surface area contributed by atoms with E-state index >= 15 is 0 Å². The van der Waals surface area contributed by atoms with E-state index in [9.17, 15) is 9.18 Å². The minimum Gasteiger partial charge on any atom is -0.340 e. The number of carbonyl (C=O) groups excluding carboxylic acids is 1. The second kappa shape index (κ2) is 8.22. The molecule has 1 aromatic carbocycles. The lowest BCUT2D eigenvalue weighted by Crippen LogP contribution is -2.44. The fourth-order valence-corrected chi connectivity index (χ4v) is 4.66. The smallest absolute Gasteiger partial charge is 0.264 e. The number of hydrogen-bond donors (Lipinski definition) is 1. The van der Waals surface area contributed by atoms with Crippen molar-refractivity contribution >= 4 is 50.6 Å². The Hall–Kier alpha value is -2.29. The number of amides is 1. The van der Waals surface area contributed by atoms with Crippen LogP contribution in [-0.4, -0.2) is 58.9 Å². The Bertz CT molecular complexity index is 1050. The molecule has 0 saturated carbocycles. The number of aromatic nitrogens is 2. The van der Waals surface area contributed by atoms with Crippen LogP contribution in [0.15, 0.2) is 30.6 Å². The SMILES string of the molecule is CN1CCC(N(C)C(=O)c2cc3c(Nc4ccc(F)c(Cl)c4)ncnc3s2)CC1. The van der Waals surface area contributed by atoms with E-state index < -0.39 is 5.82 Å². The molecule has 0 bridgehead atoms. The van der Waals surface area contributed by atoms with Gasteiger partial charge in [-0.3, -0.25) is 4.79 Å². The van der Waals surface area contributed by atoms with Crippen LogP contribution in [0.2, 0.25) is 5.02 Å². The highest BCUT2D eigenvalue weighted by molar-refractivity contribution is 7.20. The van der Waals surface area contributed by atoms with Crippen LogP contribution in [0.1, 0.15) is 22.5 Å². The zero-order valence-corrected chi connectivity index (χ0v) is 17.7. The fraction of sp³-hybridized carbons (Fsp3) is 0.350. The van der Waals surface area contributed by atoms with E-state index in [2.05, 4.69) is 27.2 Å². The van der Waals surface area contributed by atoms with Crippen molar-refractivity contribution in [3.8, 4) is 0 Å². The number of benzene rings is 1. The molecule has 0 unspecified atom stereocenters. The first kappa shape index (κ1) is 20.0. The Morgan fingerprint density at radius 2 is 2.07 bits per heavy atom. The predicted molar refractivity (Wildman–Crippen MR) is 115 cm³/mol. The molecule has 0 spiro atoms. The summed E-state index contributed by atoms with van der Waals surface area (Å²) in [5.41, 5.74) is 0.610. The Morgan fingerprint density at radius 1 is 1.31 bits per heavy atom. The number of carbonyl (C=O) groups is 1. The molecule has 1 aliphatic rings. The first-order valence-electron chi connectivity index (χ1n) is 9.34. The van der Waals surface area contributed by atoms with Crippen molar-refractivity contribution in [1.29, 1.82) is 0 Å². The Balaban J connectivity index is 1.58. The molecule has 152 valence electrons. The molecular formula is C20H21ClFN5OS. The lowest BCUT2D eigenvalue weighted by Gasteiger charge is -2.34. The average molecular weight is 434 g/mol. The van der Waals surface area contributed by atoms with Crippen LogP contribution in [0, 0.1) is 5.82 Å². The predicted octanol–water partition coefficient (Wildman–Crippen LogP) is 4.39. The van der Waals surface area contributed by atoms with Gasteiger partial charge in [-0.1, -0.05) is 11.6 Å². The molecule has 29 heavy (non-hydrogen) atoms. The number of likely N-dealkylation sites (tertiary alicyclic amines) is 1. The number of fused-ring (bicyclic) bond motifs is 1. The maximum atomic E-state index is 13.4. The summed E-state index contributed by atoms with van der Waals surface area (Å²) in [5, 5.41) is 3.92. The van der Waals surface area contributed by atoms with Crippen LogP contribution in [-0.2, 0) is 0 Å². The molecule has 6 nitrogen and oxygen atoms in total. The van der Waals surface area contributed by atoms with E-state index in [0.717, 1.165) is 36.1 Å². The summed E-state index contributed by atoms with van der Waals surface area (Å²) in [4.78, 5) is 27.1. The van der Waals surface area contributed by atoms with E-state index in [4.69, 9.17) is 11.6 Å². The first-order chi connectivity index (χ1) is 13.9. The van der Waals surface area contributed by atoms with Crippen LogP contribution in [0.3, 0.4) is 0 Å². The van der Waals surface area contributed by atoms with Crippen LogP contribution in [0.4, 0.5) is 15.9 Å². The van der Waals surface area contributed by atoms with Gasteiger partial charge in [0, 0.05) is 18.8 Å². The molecular weight excluding hydrogens is 413 g/mol. The Labute approximate surface area is 177 Å². The zero-order chi connectivity index (χ0) is 20.5. The van der Waals surface area contributed by atoms with Crippen molar-refractivity contribution in [3.63, 3.8) is 0 Å². The zero-order valence-electron chi connectivity index (χ0n) is 16.2. The first-order valence-corrected chi connectivity index (χ1v) is 10.5. The van der Waals surface area contributed by atoms with E-state index in [-0.39, 0.29) is 17.0 Å². The molecule has 1 aliphatic heterocycles. The molecule has 0 radical (unpaired) electrons. The molecule has 4 rings (SSSR count). The third kappa shape index (κ3) is 4.19. The summed E-state index contributed by atoms with van der Waals surface area (Å²) in [6, 6.07) is 6.44. The summed E-state index contributed by atoms with van der Waals surface area (Å²) in [5.74, 6) is 0.0682. The molecule has 1 saturated heterocycles. The third-order valence-corrected chi connectivity index (χ3v) is 6.60. The lowest BCUT2D eigenvalue weighted by atomic mass is 10.0. The summed E-state index contributed by atoms with van der Waals surface area (Å²) in [7, 11) is 3.97. The number of nitrogens with zero attached hydrogens (tertiary/aromatic N) is 4. The fourth-order valence-electron chi connectivity index (χ4n) is 3.49. The van der Waals surface area contributed by atoms with Crippen molar-refractivity contribution < 1.29 is 9.18 Å². The molecule has 0 aliphatic carbocycles. The Morgan fingerprint density at radius 3 is 2.79 bits per heavy atom. The number of hydrogen-bond acceptors (Lipinski definition) is 6. The number of rotatable bonds is 4. The molecule has 2 aromatic heterocycles. The minimum absolute atomic E-state index is 0.00155. The minimum atomic E-state index is -0.481. The summed E-state index contributed by atoms with van der Waals surface area (Å²) >= 11 is 7.21. The van der Waals surface area contributed by atoms with E-state index in [1.165, 1.54) is 29.8 Å². The van der Waals surface area contributed by atoms with Crippen LogP contribution in [0.5, 0.6) is 0 Å². The van der Waals surface area contributed by atoms with Crippen LogP contribution < -0.4 is 5.32 Å². The van der Waals surface area contributed by atoms with Gasteiger partial charge in [0.1, 0.15) is 22.8 Å². The molecule has 1 amide bonds. The molecule has 3 aromatic rings. The normalized spacial score (nSPS) is 15.6. The molecule has 0 atom stereocenters. The monoisotopic (exact) mass is 433 g/mol. The van der Waals surface area contributed by atoms with Gasteiger partial charge < -0.3 is 15.1 Å². The van der Waals surface area contributed by atoms with Crippen molar-refractivity contribution in [2.75, 3.05) is 32.5 Å². The van der Waals surface area contributed by atoms with Crippen LogP contribution >= 0.6 is 22.9 Å².